The van der Waals surface area contributed by atoms with Crippen LogP contribution in [0.25, 0.3) is 21.8 Å². The summed E-state index contributed by atoms with van der Waals surface area (Å²) in [5.41, 5.74) is 1.73. The average Bonchev–Trinajstić information content (AvgIpc) is 3.50. The molecule has 0 radical (unpaired) electrons. The third-order valence-corrected chi connectivity index (χ3v) is 7.67. The van der Waals surface area contributed by atoms with E-state index in [0.29, 0.717) is 24.8 Å². The Morgan fingerprint density at radius 3 is 2.56 bits per heavy atom. The normalized spacial score (nSPS) is 18.6. The van der Waals surface area contributed by atoms with Gasteiger partial charge in [0.1, 0.15) is 16.4 Å². The molecule has 168 valence electrons. The van der Waals surface area contributed by atoms with Crippen molar-refractivity contribution in [1.82, 2.24) is 20.3 Å². The van der Waals surface area contributed by atoms with E-state index in [0.717, 1.165) is 58.5 Å². The van der Waals surface area contributed by atoms with Gasteiger partial charge in [0.2, 0.25) is 5.95 Å². The number of anilines is 1. The van der Waals surface area contributed by atoms with Crippen LogP contribution < -0.4 is 15.4 Å². The summed E-state index contributed by atoms with van der Waals surface area (Å²) < 4.78 is 5.32. The van der Waals surface area contributed by atoms with E-state index in [1.54, 1.807) is 13.3 Å². The summed E-state index contributed by atoms with van der Waals surface area (Å²) in [5, 5.41) is 18.9. The molecular formula is C24H29N5O2S. The monoisotopic (exact) mass is 451 g/mol. The maximum absolute atomic E-state index is 11.3. The van der Waals surface area contributed by atoms with E-state index >= 15 is 0 Å². The van der Waals surface area contributed by atoms with Crippen LogP contribution in [0.2, 0.25) is 0 Å². The Bertz CT molecular complexity index is 1060. The van der Waals surface area contributed by atoms with E-state index in [4.69, 9.17) is 14.7 Å². The van der Waals surface area contributed by atoms with Crippen molar-refractivity contribution in [3.05, 3.63) is 41.5 Å². The van der Waals surface area contributed by atoms with E-state index in [9.17, 15) is 5.11 Å². The first kappa shape index (κ1) is 21.3. The van der Waals surface area contributed by atoms with Gasteiger partial charge in [-0.2, -0.15) is 0 Å². The number of aliphatic hydroxyl groups is 1. The van der Waals surface area contributed by atoms with Crippen molar-refractivity contribution in [3.8, 4) is 27.6 Å². The molecule has 32 heavy (non-hydrogen) atoms. The van der Waals surface area contributed by atoms with Crippen LogP contribution in [-0.4, -0.2) is 46.3 Å². The lowest BCUT2D eigenvalue weighted by Crippen LogP contribution is -2.39. The molecule has 5 rings (SSSR count). The quantitative estimate of drug-likeness (QED) is 0.517. The summed E-state index contributed by atoms with van der Waals surface area (Å²) >= 11 is 1.54. The zero-order valence-corrected chi connectivity index (χ0v) is 19.1. The van der Waals surface area contributed by atoms with E-state index in [1.807, 2.05) is 30.3 Å². The molecule has 2 aliphatic rings. The lowest BCUT2D eigenvalue weighted by atomic mass is 9.93. The van der Waals surface area contributed by atoms with Gasteiger partial charge in [-0.3, -0.25) is 0 Å². The number of nitrogens with one attached hydrogen (secondary N) is 2. The molecule has 3 aromatic rings. The fourth-order valence-electron chi connectivity index (χ4n) is 4.50. The van der Waals surface area contributed by atoms with Crippen LogP contribution in [-0.2, 0) is 5.60 Å². The van der Waals surface area contributed by atoms with E-state index in [-0.39, 0.29) is 0 Å². The molecule has 0 atom stereocenters. The summed E-state index contributed by atoms with van der Waals surface area (Å²) in [6.07, 6.45) is 7.94. The lowest BCUT2D eigenvalue weighted by molar-refractivity contribution is 0.00582. The number of benzene rings is 1. The SMILES string of the molecule is COc1ccc(-c2nc(C3(O)CCNCC3)sc2-c2ccnc(NC3CCCC3)n2)cc1. The van der Waals surface area contributed by atoms with Crippen molar-refractivity contribution in [2.24, 2.45) is 0 Å². The van der Waals surface area contributed by atoms with Crippen molar-refractivity contribution < 1.29 is 9.84 Å². The summed E-state index contributed by atoms with van der Waals surface area (Å²) in [6, 6.07) is 10.3. The predicted molar refractivity (Wildman–Crippen MR) is 127 cm³/mol. The molecule has 1 saturated carbocycles. The van der Waals surface area contributed by atoms with Crippen LogP contribution in [0.15, 0.2) is 36.5 Å². The zero-order valence-electron chi connectivity index (χ0n) is 18.3. The third-order valence-electron chi connectivity index (χ3n) is 6.40. The number of thiazole rings is 1. The molecule has 1 saturated heterocycles. The fraction of sp³-hybridized carbons (Fsp3) is 0.458. The number of aromatic nitrogens is 3. The molecule has 2 fully saturated rings. The molecular weight excluding hydrogens is 422 g/mol. The van der Waals surface area contributed by atoms with Crippen molar-refractivity contribution in [3.63, 3.8) is 0 Å². The van der Waals surface area contributed by atoms with Gasteiger partial charge in [-0.05, 0) is 69.1 Å². The van der Waals surface area contributed by atoms with Crippen LogP contribution in [0, 0.1) is 0 Å². The second kappa shape index (κ2) is 9.13. The first-order chi connectivity index (χ1) is 15.6. The first-order valence-corrected chi connectivity index (χ1v) is 12.1. The smallest absolute Gasteiger partial charge is 0.223 e. The van der Waals surface area contributed by atoms with Crippen molar-refractivity contribution in [1.29, 1.82) is 0 Å². The largest absolute Gasteiger partial charge is 0.497 e. The molecule has 2 aromatic heterocycles. The number of hydrogen-bond acceptors (Lipinski definition) is 8. The molecule has 3 heterocycles. The molecule has 1 aromatic carbocycles. The van der Waals surface area contributed by atoms with E-state index in [1.165, 1.54) is 24.2 Å². The Hall–Kier alpha value is -2.55. The Balaban J connectivity index is 1.55. The van der Waals surface area contributed by atoms with Gasteiger partial charge in [0.15, 0.2) is 0 Å². The highest BCUT2D eigenvalue weighted by molar-refractivity contribution is 7.15. The number of piperidine rings is 1. The standard InChI is InChI=1S/C24H29N5O2S/c1-31-18-8-6-16(7-9-18)20-21(32-22(29-20)24(30)11-14-25-15-12-24)19-10-13-26-23(28-19)27-17-4-2-3-5-17/h6-10,13,17,25,30H,2-5,11-12,14-15H2,1H3,(H,26,27,28). The van der Waals surface area contributed by atoms with Gasteiger partial charge in [-0.1, -0.05) is 12.8 Å². The second-order valence-electron chi connectivity index (χ2n) is 8.60. The minimum atomic E-state index is -0.909. The lowest BCUT2D eigenvalue weighted by Gasteiger charge is -2.30. The summed E-state index contributed by atoms with van der Waals surface area (Å²) in [7, 11) is 1.66. The number of rotatable bonds is 6. The fourth-order valence-corrected chi connectivity index (χ4v) is 5.70. The molecule has 1 aliphatic heterocycles. The molecule has 8 heteroatoms. The number of nitrogens with zero attached hydrogens (tertiary/aromatic N) is 3. The zero-order chi connectivity index (χ0) is 22.0. The average molecular weight is 452 g/mol. The highest BCUT2D eigenvalue weighted by atomic mass is 32.1. The van der Waals surface area contributed by atoms with E-state index < -0.39 is 5.60 Å². The Kier molecular flexibility index (Phi) is 6.08. The van der Waals surface area contributed by atoms with Gasteiger partial charge >= 0.3 is 0 Å². The molecule has 7 nitrogen and oxygen atoms in total. The highest BCUT2D eigenvalue weighted by Crippen LogP contribution is 2.42. The minimum Gasteiger partial charge on any atom is -0.497 e. The van der Waals surface area contributed by atoms with E-state index in [2.05, 4.69) is 15.6 Å². The second-order valence-corrected chi connectivity index (χ2v) is 9.60. The molecule has 0 amide bonds. The van der Waals surface area contributed by atoms with Gasteiger partial charge in [0, 0.05) is 17.8 Å². The summed E-state index contributed by atoms with van der Waals surface area (Å²) in [4.78, 5) is 15.2. The van der Waals surface area contributed by atoms with Crippen LogP contribution in [0.3, 0.4) is 0 Å². The number of methoxy groups -OCH3 is 1. The first-order valence-electron chi connectivity index (χ1n) is 11.3. The van der Waals surface area contributed by atoms with Gasteiger partial charge in [0.25, 0.3) is 0 Å². The van der Waals surface area contributed by atoms with Gasteiger partial charge in [-0.25, -0.2) is 15.0 Å². The predicted octanol–water partition coefficient (Wildman–Crippen LogP) is 4.20. The topological polar surface area (TPSA) is 92.2 Å². The van der Waals surface area contributed by atoms with Crippen LogP contribution in [0.4, 0.5) is 5.95 Å². The maximum Gasteiger partial charge on any atom is 0.223 e. The van der Waals surface area contributed by atoms with Gasteiger partial charge in [0.05, 0.1) is 23.4 Å². The third kappa shape index (κ3) is 4.35. The summed E-state index contributed by atoms with van der Waals surface area (Å²) in [5.74, 6) is 1.46. The van der Waals surface area contributed by atoms with Crippen molar-refractivity contribution in [2.75, 3.05) is 25.5 Å². The Morgan fingerprint density at radius 2 is 1.84 bits per heavy atom. The van der Waals surface area contributed by atoms with Gasteiger partial charge < -0.3 is 20.5 Å². The molecule has 0 spiro atoms. The van der Waals surface area contributed by atoms with Gasteiger partial charge in [-0.15, -0.1) is 11.3 Å². The number of hydrogen-bond donors (Lipinski definition) is 3. The van der Waals surface area contributed by atoms with Crippen molar-refractivity contribution >= 4 is 17.3 Å². The molecule has 0 bridgehead atoms. The van der Waals surface area contributed by atoms with Crippen LogP contribution in [0.1, 0.15) is 43.5 Å². The van der Waals surface area contributed by atoms with Crippen molar-refractivity contribution in [2.45, 2.75) is 50.2 Å². The molecule has 0 unspecified atom stereocenters. The minimum absolute atomic E-state index is 0.443. The summed E-state index contributed by atoms with van der Waals surface area (Å²) in [6.45, 7) is 1.57. The Morgan fingerprint density at radius 1 is 1.09 bits per heavy atom. The molecule has 3 N–H and O–H groups in total. The highest BCUT2D eigenvalue weighted by Gasteiger charge is 2.36. The van der Waals surface area contributed by atoms with Crippen LogP contribution >= 0.6 is 11.3 Å². The Labute approximate surface area is 192 Å². The molecule has 1 aliphatic carbocycles. The number of ether oxygens (including phenoxy) is 1. The van der Waals surface area contributed by atoms with Crippen LogP contribution in [0.5, 0.6) is 5.75 Å². The maximum atomic E-state index is 11.3.